The van der Waals surface area contributed by atoms with Crippen molar-refractivity contribution >= 4 is 36.3 Å². The van der Waals surface area contributed by atoms with E-state index in [4.69, 9.17) is 30.0 Å². The lowest BCUT2D eigenvalue weighted by Gasteiger charge is -1.95. The molecule has 0 atom stereocenters. The lowest BCUT2D eigenvalue weighted by atomic mass is 10.3. The summed E-state index contributed by atoms with van der Waals surface area (Å²) in [6.45, 7) is 2.17. The number of hydrogen-bond acceptors (Lipinski definition) is 5. The smallest absolute Gasteiger partial charge is 0.332 e. The van der Waals surface area contributed by atoms with Crippen molar-refractivity contribution in [2.75, 3.05) is 0 Å². The van der Waals surface area contributed by atoms with Crippen molar-refractivity contribution in [1.82, 2.24) is 0 Å². The summed E-state index contributed by atoms with van der Waals surface area (Å²) in [4.78, 5) is 37.3. The highest BCUT2D eigenvalue weighted by molar-refractivity contribution is 5.96. The molecule has 0 aromatic heterocycles. The van der Waals surface area contributed by atoms with Crippen molar-refractivity contribution in [2.24, 2.45) is 5.73 Å². The third kappa shape index (κ3) is 55.3. The molecule has 0 saturated heterocycles. The molecule has 0 aliphatic heterocycles. The lowest BCUT2D eigenvalue weighted by molar-refractivity contribution is -0.149. The zero-order valence-electron chi connectivity index (χ0n) is 8.98. The normalized spacial score (nSPS) is 7.29. The third-order valence-electron chi connectivity index (χ3n) is 0.532. The molecule has 0 heterocycles. The summed E-state index contributed by atoms with van der Waals surface area (Å²) < 4.78 is 0. The molecule has 10 heteroatoms. The van der Waals surface area contributed by atoms with Gasteiger partial charge in [-0.1, -0.05) is 0 Å². The summed E-state index contributed by atoms with van der Waals surface area (Å²) in [6, 6.07) is -1.80. The number of hydrogen-bond donors (Lipinski definition) is 5. The molecule has 0 rings (SSSR count). The quantitative estimate of drug-likeness (QED) is 0.399. The van der Waals surface area contributed by atoms with E-state index in [-0.39, 0.29) is 12.4 Å². The number of carboxylic acid groups (broad SMARTS) is 4. The second kappa shape index (κ2) is 14.1. The van der Waals surface area contributed by atoms with Gasteiger partial charge >= 0.3 is 11.9 Å². The fraction of sp³-hybridized carbons (Fsp3) is 0.429. The molecule has 0 aliphatic carbocycles. The van der Waals surface area contributed by atoms with Crippen LogP contribution in [0, 0.1) is 0 Å². The first-order valence-electron chi connectivity index (χ1n) is 3.62. The summed E-state index contributed by atoms with van der Waals surface area (Å²) in [5.74, 6) is -4.73. The monoisotopic (exact) mass is 275 g/mol. The van der Waals surface area contributed by atoms with Crippen molar-refractivity contribution in [3.8, 4) is 0 Å². The predicted octanol–water partition coefficient (Wildman–Crippen LogP) is -0.913. The van der Waals surface area contributed by atoms with E-state index in [1.165, 1.54) is 0 Å². The van der Waals surface area contributed by atoms with Crippen molar-refractivity contribution in [3.05, 3.63) is 0 Å². The van der Waals surface area contributed by atoms with Crippen LogP contribution in [-0.2, 0) is 19.2 Å². The third-order valence-corrected chi connectivity index (χ3v) is 0.532. The van der Waals surface area contributed by atoms with Crippen molar-refractivity contribution in [3.63, 3.8) is 0 Å². The number of halogens is 1. The zero-order valence-corrected chi connectivity index (χ0v) is 9.80. The average molecular weight is 276 g/mol. The Kier molecular flexibility index (Phi) is 20.3. The van der Waals surface area contributed by atoms with E-state index in [1.807, 2.05) is 0 Å². The van der Waals surface area contributed by atoms with Crippen LogP contribution in [0.1, 0.15) is 13.8 Å². The maximum absolute atomic E-state index is 9.63. The van der Waals surface area contributed by atoms with Gasteiger partial charge in [0.15, 0.2) is 0 Å². The second-order valence-corrected chi connectivity index (χ2v) is 2.19. The van der Waals surface area contributed by atoms with Gasteiger partial charge in [-0.15, -0.1) is 12.4 Å². The van der Waals surface area contributed by atoms with Crippen LogP contribution in [0.2, 0.25) is 0 Å². The molecule has 0 bridgehead atoms. The van der Waals surface area contributed by atoms with E-state index >= 15 is 0 Å². The molecule has 102 valence electrons. The van der Waals surface area contributed by atoms with Gasteiger partial charge in [-0.05, 0) is 0 Å². The highest BCUT2D eigenvalue weighted by Crippen LogP contribution is 1.74. The van der Waals surface area contributed by atoms with Gasteiger partial charge in [0.05, 0.1) is 0 Å². The maximum Gasteiger partial charge on any atom is 0.332 e. The number of rotatable bonds is 2. The van der Waals surface area contributed by atoms with E-state index < -0.39 is 29.9 Å². The second-order valence-electron chi connectivity index (χ2n) is 2.19. The zero-order chi connectivity index (χ0) is 13.9. The molecule has 6 N–H and O–H groups in total. The van der Waals surface area contributed by atoms with Gasteiger partial charge < -0.3 is 26.2 Å². The SMILES string of the molecule is CC(=O)O.CC(=O)O.Cl.NC(C(=O)O)C(=O)O. The molecule has 0 amide bonds. The fourth-order valence-corrected chi connectivity index (χ4v) is 0.106. The molecular weight excluding hydrogens is 262 g/mol. The molecule has 17 heavy (non-hydrogen) atoms. The first-order chi connectivity index (χ1) is 7.02. The molecule has 0 aliphatic rings. The fourth-order valence-electron chi connectivity index (χ4n) is 0.106. The molecule has 0 aromatic carbocycles. The standard InChI is InChI=1S/C3H5NO4.2C2H4O2.ClH/c4-1(2(5)6)3(7)8;2*1-2(3)4;/h1H,4H2,(H,5,6)(H,7,8);2*1H3,(H,3,4);1H. The van der Waals surface area contributed by atoms with Gasteiger partial charge in [0.25, 0.3) is 11.9 Å². The van der Waals surface area contributed by atoms with Crippen LogP contribution < -0.4 is 5.73 Å². The minimum absolute atomic E-state index is 0. The Balaban J connectivity index is -0.0000000806. The van der Waals surface area contributed by atoms with Crippen molar-refractivity contribution < 1.29 is 39.6 Å². The molecule has 0 aromatic rings. The summed E-state index contributed by atoms with van der Waals surface area (Å²) in [5, 5.41) is 30.5. The van der Waals surface area contributed by atoms with Crippen LogP contribution in [0.4, 0.5) is 0 Å². The molecule has 0 fully saturated rings. The van der Waals surface area contributed by atoms with Crippen LogP contribution in [0.25, 0.3) is 0 Å². The minimum Gasteiger partial charge on any atom is -0.481 e. The first-order valence-corrected chi connectivity index (χ1v) is 3.62. The topological polar surface area (TPSA) is 175 Å². The molecular formula is C7H14ClNO8. The average Bonchev–Trinajstić information content (AvgIpc) is 2.00. The Hall–Kier alpha value is -1.87. The van der Waals surface area contributed by atoms with Gasteiger partial charge in [0.1, 0.15) is 0 Å². The Morgan fingerprint density at radius 1 is 0.824 bits per heavy atom. The molecule has 0 saturated carbocycles. The predicted molar refractivity (Wildman–Crippen MR) is 57.1 cm³/mol. The Bertz CT molecular complexity index is 233. The Morgan fingerprint density at radius 2 is 0.941 bits per heavy atom. The molecule has 0 radical (unpaired) electrons. The van der Waals surface area contributed by atoms with E-state index in [1.54, 1.807) is 0 Å². The van der Waals surface area contributed by atoms with Gasteiger partial charge in [0.2, 0.25) is 6.04 Å². The molecule has 9 nitrogen and oxygen atoms in total. The summed E-state index contributed by atoms with van der Waals surface area (Å²) in [5.41, 5.74) is 4.56. The highest BCUT2D eigenvalue weighted by Gasteiger charge is 2.18. The first kappa shape index (κ1) is 24.4. The number of carboxylic acids is 4. The van der Waals surface area contributed by atoms with Crippen LogP contribution in [-0.4, -0.2) is 50.3 Å². The van der Waals surface area contributed by atoms with Crippen LogP contribution in [0.3, 0.4) is 0 Å². The van der Waals surface area contributed by atoms with Crippen LogP contribution >= 0.6 is 12.4 Å². The van der Waals surface area contributed by atoms with Gasteiger partial charge in [-0.3, -0.25) is 9.59 Å². The van der Waals surface area contributed by atoms with E-state index in [0.717, 1.165) is 13.8 Å². The Morgan fingerprint density at radius 3 is 0.941 bits per heavy atom. The highest BCUT2D eigenvalue weighted by atomic mass is 35.5. The number of carbonyl (C=O) groups is 4. The van der Waals surface area contributed by atoms with Gasteiger partial charge in [-0.25, -0.2) is 9.59 Å². The summed E-state index contributed by atoms with van der Waals surface area (Å²) in [7, 11) is 0. The van der Waals surface area contributed by atoms with E-state index in [0.29, 0.717) is 0 Å². The minimum atomic E-state index is -1.80. The van der Waals surface area contributed by atoms with Crippen molar-refractivity contribution in [2.45, 2.75) is 19.9 Å². The largest absolute Gasteiger partial charge is 0.481 e. The van der Waals surface area contributed by atoms with E-state index in [9.17, 15) is 9.59 Å². The van der Waals surface area contributed by atoms with Crippen LogP contribution in [0.5, 0.6) is 0 Å². The molecule has 0 unspecified atom stereocenters. The Labute approximate surface area is 102 Å². The van der Waals surface area contributed by atoms with Gasteiger partial charge in [0, 0.05) is 13.8 Å². The summed E-state index contributed by atoms with van der Waals surface area (Å²) >= 11 is 0. The van der Waals surface area contributed by atoms with Gasteiger partial charge in [-0.2, -0.15) is 0 Å². The summed E-state index contributed by atoms with van der Waals surface area (Å²) in [6.07, 6.45) is 0. The van der Waals surface area contributed by atoms with E-state index in [2.05, 4.69) is 5.73 Å². The number of aliphatic carboxylic acids is 4. The van der Waals surface area contributed by atoms with Crippen molar-refractivity contribution in [1.29, 1.82) is 0 Å². The lowest BCUT2D eigenvalue weighted by Crippen LogP contribution is -2.38. The maximum atomic E-state index is 9.63. The van der Waals surface area contributed by atoms with Crippen LogP contribution in [0.15, 0.2) is 0 Å². The molecule has 0 spiro atoms. The number of nitrogens with two attached hydrogens (primary N) is 1.